The van der Waals surface area contributed by atoms with Crippen molar-refractivity contribution in [1.82, 2.24) is 5.06 Å². The number of carbonyl (C=O) groups is 1. The monoisotopic (exact) mass is 403 g/mol. The average Bonchev–Trinajstić information content (AvgIpc) is 3.13. The molecular formula is C23H21N3O4. The molecule has 2 aromatic rings. The molecule has 2 heterocycles. The second-order valence-corrected chi connectivity index (χ2v) is 6.75. The minimum Gasteiger partial charge on any atom is -0.493 e. The number of amides is 1. The Balaban J connectivity index is 1.30. The van der Waals surface area contributed by atoms with E-state index in [9.17, 15) is 4.79 Å². The number of allylic oxidation sites excluding steroid dienone is 1. The largest absolute Gasteiger partial charge is 0.493 e. The molecule has 4 rings (SSSR count). The molecule has 7 heteroatoms. The molecule has 152 valence electrons. The van der Waals surface area contributed by atoms with Crippen LogP contribution < -0.4 is 9.47 Å². The second kappa shape index (κ2) is 8.65. The van der Waals surface area contributed by atoms with E-state index in [1.807, 2.05) is 54.6 Å². The Morgan fingerprint density at radius 3 is 2.40 bits per heavy atom. The Labute approximate surface area is 174 Å². The molecular weight excluding hydrogens is 382 g/mol. The summed E-state index contributed by atoms with van der Waals surface area (Å²) in [6.07, 6.45) is 4.01. The van der Waals surface area contributed by atoms with Crippen LogP contribution in [-0.4, -0.2) is 35.9 Å². The number of nitrogens with one attached hydrogen (secondary N) is 1. The van der Waals surface area contributed by atoms with Gasteiger partial charge in [0.05, 0.1) is 18.8 Å². The van der Waals surface area contributed by atoms with E-state index in [2.05, 4.69) is 4.99 Å². The van der Waals surface area contributed by atoms with E-state index < -0.39 is 5.91 Å². The molecule has 2 aliphatic rings. The van der Waals surface area contributed by atoms with Crippen molar-refractivity contribution in [3.8, 4) is 11.5 Å². The molecule has 1 amide bonds. The molecule has 0 fully saturated rings. The number of nitrogens with zero attached hydrogens (tertiary/aromatic N) is 2. The van der Waals surface area contributed by atoms with Crippen LogP contribution in [0.1, 0.15) is 18.9 Å². The van der Waals surface area contributed by atoms with Crippen LogP contribution in [-0.2, 0) is 9.63 Å². The van der Waals surface area contributed by atoms with Crippen molar-refractivity contribution < 1.29 is 19.1 Å². The van der Waals surface area contributed by atoms with E-state index >= 15 is 0 Å². The summed E-state index contributed by atoms with van der Waals surface area (Å²) in [5.74, 6) is 2.00. The van der Waals surface area contributed by atoms with Crippen LogP contribution in [0.4, 0.5) is 0 Å². The first kappa shape index (κ1) is 19.4. The smallest absolute Gasteiger partial charge is 0.282 e. The molecule has 0 saturated carbocycles. The van der Waals surface area contributed by atoms with Gasteiger partial charge in [0.15, 0.2) is 11.7 Å². The van der Waals surface area contributed by atoms with Gasteiger partial charge in [0.2, 0.25) is 0 Å². The number of amidine groups is 2. The lowest BCUT2D eigenvalue weighted by Crippen LogP contribution is -2.38. The van der Waals surface area contributed by atoms with Crippen molar-refractivity contribution in [1.29, 1.82) is 5.41 Å². The van der Waals surface area contributed by atoms with E-state index in [1.165, 1.54) is 5.06 Å². The van der Waals surface area contributed by atoms with Gasteiger partial charge in [-0.15, -0.1) is 5.06 Å². The van der Waals surface area contributed by atoms with Crippen LogP contribution in [0.15, 0.2) is 77.0 Å². The zero-order valence-corrected chi connectivity index (χ0v) is 16.5. The van der Waals surface area contributed by atoms with Gasteiger partial charge in [0, 0.05) is 12.5 Å². The second-order valence-electron chi connectivity index (χ2n) is 6.75. The maximum Gasteiger partial charge on any atom is 0.282 e. The summed E-state index contributed by atoms with van der Waals surface area (Å²) in [6, 6.07) is 17.0. The number of hydroxylamine groups is 2. The molecule has 0 aromatic heterocycles. The maximum absolute atomic E-state index is 12.3. The third kappa shape index (κ3) is 4.41. The number of hydrogen-bond donors (Lipinski definition) is 1. The molecule has 0 atom stereocenters. The lowest BCUT2D eigenvalue weighted by molar-refractivity contribution is -0.114. The molecule has 0 bridgehead atoms. The summed E-state index contributed by atoms with van der Waals surface area (Å²) >= 11 is 0. The Hall–Kier alpha value is -3.87. The first-order valence-corrected chi connectivity index (χ1v) is 9.61. The van der Waals surface area contributed by atoms with Gasteiger partial charge in [-0.05, 0) is 42.8 Å². The van der Waals surface area contributed by atoms with Gasteiger partial charge in [0.25, 0.3) is 5.91 Å². The number of fused-ring (bicyclic) bond motifs is 1. The van der Waals surface area contributed by atoms with Gasteiger partial charge >= 0.3 is 0 Å². The number of aliphatic imine (C=N–C) groups is 1. The highest BCUT2D eigenvalue weighted by Gasteiger charge is 2.34. The van der Waals surface area contributed by atoms with Crippen molar-refractivity contribution in [2.75, 3.05) is 13.2 Å². The topological polar surface area (TPSA) is 84.2 Å². The Morgan fingerprint density at radius 1 is 1.03 bits per heavy atom. The highest BCUT2D eigenvalue weighted by atomic mass is 16.7. The first-order chi connectivity index (χ1) is 14.6. The van der Waals surface area contributed by atoms with E-state index in [-0.39, 0.29) is 11.4 Å². The standard InChI is InChI=1S/C23H21N3O4/c1-16-14-21-25-23(27)20(22(24)26(21)30-16)15-17-8-10-19(11-9-17)29-13-5-12-28-18-6-3-2-4-7-18/h2-4,6-11,14-15,24H,5,12-13H2,1H3/b20-15+,24-22?. The van der Waals surface area contributed by atoms with Crippen LogP contribution in [0.2, 0.25) is 0 Å². The van der Waals surface area contributed by atoms with Crippen molar-refractivity contribution in [3.63, 3.8) is 0 Å². The molecule has 0 radical (unpaired) electrons. The summed E-state index contributed by atoms with van der Waals surface area (Å²) in [5, 5.41) is 9.49. The molecule has 0 saturated heterocycles. The molecule has 2 aliphatic heterocycles. The lowest BCUT2D eigenvalue weighted by Gasteiger charge is -2.22. The highest BCUT2D eigenvalue weighted by Crippen LogP contribution is 2.24. The number of carbonyl (C=O) groups excluding carboxylic acids is 1. The van der Waals surface area contributed by atoms with E-state index in [1.54, 1.807) is 19.1 Å². The summed E-state index contributed by atoms with van der Waals surface area (Å²) in [7, 11) is 0. The normalized spacial score (nSPS) is 16.7. The number of para-hydroxylation sites is 1. The van der Waals surface area contributed by atoms with Gasteiger partial charge < -0.3 is 14.3 Å². The van der Waals surface area contributed by atoms with Crippen molar-refractivity contribution >= 4 is 23.7 Å². The van der Waals surface area contributed by atoms with Crippen LogP contribution in [0.5, 0.6) is 11.5 Å². The van der Waals surface area contributed by atoms with Crippen LogP contribution in [0.3, 0.4) is 0 Å². The van der Waals surface area contributed by atoms with Crippen molar-refractivity contribution in [3.05, 3.63) is 77.6 Å². The number of hydrogen-bond acceptors (Lipinski definition) is 5. The number of rotatable bonds is 7. The molecule has 30 heavy (non-hydrogen) atoms. The first-order valence-electron chi connectivity index (χ1n) is 9.61. The fourth-order valence-corrected chi connectivity index (χ4v) is 2.98. The SMILES string of the molecule is CC1=CC2=NC(=O)/C(=C/c3ccc(OCCCOc4ccccc4)cc3)C(=N)N2O1. The summed E-state index contributed by atoms with van der Waals surface area (Å²) in [4.78, 5) is 21.7. The van der Waals surface area contributed by atoms with Gasteiger partial charge in [-0.2, -0.15) is 4.99 Å². The molecule has 2 aromatic carbocycles. The molecule has 1 N–H and O–H groups in total. The third-order valence-electron chi connectivity index (χ3n) is 4.44. The Morgan fingerprint density at radius 2 is 1.70 bits per heavy atom. The minimum atomic E-state index is -0.459. The van der Waals surface area contributed by atoms with Gasteiger partial charge in [-0.1, -0.05) is 30.3 Å². The van der Waals surface area contributed by atoms with E-state index in [0.717, 1.165) is 23.5 Å². The average molecular weight is 403 g/mol. The quantitative estimate of drug-likeness (QED) is 0.558. The van der Waals surface area contributed by atoms with Crippen molar-refractivity contribution in [2.24, 2.45) is 4.99 Å². The van der Waals surface area contributed by atoms with Crippen LogP contribution in [0, 0.1) is 5.41 Å². The molecule has 7 nitrogen and oxygen atoms in total. The Bertz CT molecular complexity index is 1040. The van der Waals surface area contributed by atoms with Gasteiger partial charge in [-0.25, -0.2) is 0 Å². The number of benzene rings is 2. The predicted molar refractivity (Wildman–Crippen MR) is 113 cm³/mol. The lowest BCUT2D eigenvalue weighted by atomic mass is 10.1. The van der Waals surface area contributed by atoms with Crippen LogP contribution in [0.25, 0.3) is 6.08 Å². The number of ether oxygens (including phenoxy) is 2. The Kier molecular flexibility index (Phi) is 5.61. The summed E-state index contributed by atoms with van der Waals surface area (Å²) < 4.78 is 11.4. The van der Waals surface area contributed by atoms with E-state index in [4.69, 9.17) is 19.7 Å². The maximum atomic E-state index is 12.3. The zero-order valence-electron chi connectivity index (χ0n) is 16.5. The van der Waals surface area contributed by atoms with Gasteiger partial charge in [-0.3, -0.25) is 10.2 Å². The summed E-state index contributed by atoms with van der Waals surface area (Å²) in [6.45, 7) is 2.86. The molecule has 0 spiro atoms. The van der Waals surface area contributed by atoms with Gasteiger partial charge in [0.1, 0.15) is 17.3 Å². The molecule has 0 aliphatic carbocycles. The van der Waals surface area contributed by atoms with Crippen molar-refractivity contribution in [2.45, 2.75) is 13.3 Å². The third-order valence-corrected chi connectivity index (χ3v) is 4.44. The molecule has 0 unspecified atom stereocenters. The van der Waals surface area contributed by atoms with Crippen LogP contribution >= 0.6 is 0 Å². The fraction of sp³-hybridized carbons (Fsp3) is 0.174. The zero-order chi connectivity index (χ0) is 20.9. The summed E-state index contributed by atoms with van der Waals surface area (Å²) in [5.41, 5.74) is 0.943. The van der Waals surface area contributed by atoms with E-state index in [0.29, 0.717) is 24.8 Å². The minimum absolute atomic E-state index is 0.0307. The fourth-order valence-electron chi connectivity index (χ4n) is 2.98. The highest BCUT2D eigenvalue weighted by molar-refractivity contribution is 6.32. The predicted octanol–water partition coefficient (Wildman–Crippen LogP) is 3.98.